The van der Waals surface area contributed by atoms with Gasteiger partial charge in [0.1, 0.15) is 6.61 Å². The second-order valence-electron chi connectivity index (χ2n) is 5.59. The van der Waals surface area contributed by atoms with E-state index >= 15 is 0 Å². The number of carboxylic acid groups (broad SMARTS) is 1. The molecule has 0 heterocycles. The molecule has 21 heavy (non-hydrogen) atoms. The predicted molar refractivity (Wildman–Crippen MR) is 69.1 cm³/mol. The number of hydrogen-bond donors (Lipinski definition) is 3. The zero-order valence-corrected chi connectivity index (χ0v) is 11.6. The SMILES string of the molecule is O=C(NCCOCC(F)F)NC1C2CCC(C2)C1C(=O)O. The summed E-state index contributed by atoms with van der Waals surface area (Å²) in [7, 11) is 0. The van der Waals surface area contributed by atoms with E-state index in [2.05, 4.69) is 15.4 Å². The molecule has 4 atom stereocenters. The molecule has 3 N–H and O–H groups in total. The number of halogens is 2. The van der Waals surface area contributed by atoms with Crippen molar-refractivity contribution in [1.29, 1.82) is 0 Å². The molecule has 8 heteroatoms. The maximum absolute atomic E-state index is 11.8. The molecular weight excluding hydrogens is 286 g/mol. The number of alkyl halides is 2. The van der Waals surface area contributed by atoms with Crippen LogP contribution in [0.3, 0.4) is 0 Å². The van der Waals surface area contributed by atoms with Crippen molar-refractivity contribution in [3.05, 3.63) is 0 Å². The summed E-state index contributed by atoms with van der Waals surface area (Å²) in [6.07, 6.45) is 0.170. The van der Waals surface area contributed by atoms with Crippen LogP contribution in [0.2, 0.25) is 0 Å². The van der Waals surface area contributed by atoms with Gasteiger partial charge < -0.3 is 20.5 Å². The molecule has 2 fully saturated rings. The Morgan fingerprint density at radius 1 is 1.29 bits per heavy atom. The molecule has 120 valence electrons. The highest BCUT2D eigenvalue weighted by molar-refractivity contribution is 5.77. The number of amides is 2. The third-order valence-electron chi connectivity index (χ3n) is 4.28. The molecule has 0 aromatic carbocycles. The minimum Gasteiger partial charge on any atom is -0.481 e. The molecule has 2 bridgehead atoms. The van der Waals surface area contributed by atoms with Gasteiger partial charge in [0.05, 0.1) is 12.5 Å². The Morgan fingerprint density at radius 3 is 2.67 bits per heavy atom. The van der Waals surface area contributed by atoms with Gasteiger partial charge in [0.15, 0.2) is 0 Å². The topological polar surface area (TPSA) is 87.7 Å². The second-order valence-corrected chi connectivity index (χ2v) is 5.59. The molecular formula is C13H20F2N2O4. The van der Waals surface area contributed by atoms with E-state index in [1.165, 1.54) is 0 Å². The number of hydrogen-bond acceptors (Lipinski definition) is 3. The second kappa shape index (κ2) is 7.02. The number of carboxylic acids is 1. The van der Waals surface area contributed by atoms with Crippen molar-refractivity contribution in [3.63, 3.8) is 0 Å². The van der Waals surface area contributed by atoms with Crippen LogP contribution in [-0.2, 0) is 9.53 Å². The van der Waals surface area contributed by atoms with Crippen LogP contribution in [0.1, 0.15) is 19.3 Å². The molecule has 2 aliphatic carbocycles. The lowest BCUT2D eigenvalue weighted by Crippen LogP contribution is -2.50. The first-order valence-electron chi connectivity index (χ1n) is 7.12. The van der Waals surface area contributed by atoms with Crippen molar-refractivity contribution in [2.75, 3.05) is 19.8 Å². The Kier molecular flexibility index (Phi) is 5.33. The summed E-state index contributed by atoms with van der Waals surface area (Å²) < 4.78 is 28.3. The third-order valence-corrected chi connectivity index (χ3v) is 4.28. The zero-order valence-electron chi connectivity index (χ0n) is 11.6. The number of rotatable bonds is 7. The summed E-state index contributed by atoms with van der Waals surface area (Å²) in [5, 5.41) is 14.5. The van der Waals surface area contributed by atoms with Crippen LogP contribution >= 0.6 is 0 Å². The summed E-state index contributed by atoms with van der Waals surface area (Å²) >= 11 is 0. The molecule has 2 saturated carbocycles. The number of urea groups is 1. The van der Waals surface area contributed by atoms with Crippen molar-refractivity contribution in [3.8, 4) is 0 Å². The standard InChI is InChI=1S/C13H20F2N2O4/c14-9(15)6-21-4-3-16-13(20)17-11-8-2-1-7(5-8)10(11)12(18)19/h7-11H,1-6H2,(H,18,19)(H2,16,17,20). The van der Waals surface area contributed by atoms with Gasteiger partial charge in [-0.15, -0.1) is 0 Å². The average molecular weight is 306 g/mol. The van der Waals surface area contributed by atoms with Gasteiger partial charge in [0.25, 0.3) is 6.43 Å². The van der Waals surface area contributed by atoms with E-state index in [1.54, 1.807) is 0 Å². The first-order chi connectivity index (χ1) is 9.99. The van der Waals surface area contributed by atoms with E-state index in [0.29, 0.717) is 0 Å². The van der Waals surface area contributed by atoms with E-state index in [9.17, 15) is 23.5 Å². The van der Waals surface area contributed by atoms with Crippen molar-refractivity contribution in [2.45, 2.75) is 31.7 Å². The highest BCUT2D eigenvalue weighted by Gasteiger charge is 2.51. The highest BCUT2D eigenvalue weighted by Crippen LogP contribution is 2.48. The van der Waals surface area contributed by atoms with Gasteiger partial charge in [-0.2, -0.15) is 0 Å². The fourth-order valence-corrected chi connectivity index (χ4v) is 3.47. The Balaban J connectivity index is 1.71. The van der Waals surface area contributed by atoms with Crippen LogP contribution in [0, 0.1) is 17.8 Å². The molecule has 4 unspecified atom stereocenters. The summed E-state index contributed by atoms with van der Waals surface area (Å²) in [6, 6.07) is -0.817. The summed E-state index contributed by atoms with van der Waals surface area (Å²) in [4.78, 5) is 23.0. The molecule has 6 nitrogen and oxygen atoms in total. The number of fused-ring (bicyclic) bond motifs is 2. The molecule has 0 aliphatic heterocycles. The number of nitrogens with one attached hydrogen (secondary N) is 2. The van der Waals surface area contributed by atoms with E-state index in [-0.39, 0.29) is 31.0 Å². The fourth-order valence-electron chi connectivity index (χ4n) is 3.47. The Morgan fingerprint density at radius 2 is 2.00 bits per heavy atom. The molecule has 2 rings (SSSR count). The normalized spacial score (nSPS) is 30.6. The smallest absolute Gasteiger partial charge is 0.315 e. The van der Waals surface area contributed by atoms with Crippen molar-refractivity contribution >= 4 is 12.0 Å². The third kappa shape index (κ3) is 4.03. The summed E-state index contributed by atoms with van der Waals surface area (Å²) in [6.45, 7) is -0.551. The molecule has 0 spiro atoms. The first-order valence-corrected chi connectivity index (χ1v) is 7.12. The Labute approximate surface area is 121 Å². The van der Waals surface area contributed by atoms with Crippen molar-refractivity contribution in [2.24, 2.45) is 17.8 Å². The largest absolute Gasteiger partial charge is 0.481 e. The maximum Gasteiger partial charge on any atom is 0.315 e. The van der Waals surface area contributed by atoms with Crippen LogP contribution < -0.4 is 10.6 Å². The Hall–Kier alpha value is -1.44. The summed E-state index contributed by atoms with van der Waals surface area (Å²) in [5.74, 6) is -1.03. The van der Waals surface area contributed by atoms with Gasteiger partial charge in [0.2, 0.25) is 0 Å². The van der Waals surface area contributed by atoms with Crippen LogP contribution in [0.15, 0.2) is 0 Å². The van der Waals surface area contributed by atoms with Gasteiger partial charge in [0, 0.05) is 12.6 Å². The van der Waals surface area contributed by atoms with Gasteiger partial charge >= 0.3 is 12.0 Å². The summed E-state index contributed by atoms with van der Waals surface area (Å²) in [5.41, 5.74) is 0. The highest BCUT2D eigenvalue weighted by atomic mass is 19.3. The maximum atomic E-state index is 11.8. The van der Waals surface area contributed by atoms with Gasteiger partial charge in [-0.05, 0) is 31.1 Å². The number of ether oxygens (including phenoxy) is 1. The van der Waals surface area contributed by atoms with Crippen molar-refractivity contribution in [1.82, 2.24) is 10.6 Å². The van der Waals surface area contributed by atoms with E-state index in [1.807, 2.05) is 0 Å². The zero-order chi connectivity index (χ0) is 15.4. The molecule has 2 aliphatic rings. The minimum atomic E-state index is -2.52. The first kappa shape index (κ1) is 15.9. The van der Waals surface area contributed by atoms with E-state index in [0.717, 1.165) is 19.3 Å². The predicted octanol–water partition coefficient (Wildman–Crippen LogP) is 1.07. The number of aliphatic carboxylic acids is 1. The number of carbonyl (C=O) groups is 2. The van der Waals surface area contributed by atoms with Crippen LogP contribution in [0.25, 0.3) is 0 Å². The molecule has 0 radical (unpaired) electrons. The molecule has 0 aromatic rings. The van der Waals surface area contributed by atoms with Crippen LogP contribution in [-0.4, -0.2) is 49.3 Å². The van der Waals surface area contributed by atoms with Gasteiger partial charge in [-0.3, -0.25) is 4.79 Å². The quantitative estimate of drug-likeness (QED) is 0.614. The lowest BCUT2D eigenvalue weighted by Gasteiger charge is -2.28. The monoisotopic (exact) mass is 306 g/mol. The van der Waals surface area contributed by atoms with Gasteiger partial charge in [-0.1, -0.05) is 0 Å². The van der Waals surface area contributed by atoms with E-state index in [4.69, 9.17) is 0 Å². The van der Waals surface area contributed by atoms with Crippen LogP contribution in [0.4, 0.5) is 13.6 Å². The molecule has 2 amide bonds. The lowest BCUT2D eigenvalue weighted by atomic mass is 9.84. The number of carbonyl (C=O) groups excluding carboxylic acids is 1. The minimum absolute atomic E-state index is 0.00314. The molecule has 0 aromatic heterocycles. The van der Waals surface area contributed by atoms with E-state index < -0.39 is 31.0 Å². The van der Waals surface area contributed by atoms with Crippen molar-refractivity contribution < 1.29 is 28.2 Å². The fraction of sp³-hybridized carbons (Fsp3) is 0.846. The molecule has 0 saturated heterocycles. The Bertz CT molecular complexity index is 394. The average Bonchev–Trinajstić information content (AvgIpc) is 2.98. The lowest BCUT2D eigenvalue weighted by molar-refractivity contribution is -0.144. The van der Waals surface area contributed by atoms with Crippen LogP contribution in [0.5, 0.6) is 0 Å². The van der Waals surface area contributed by atoms with Gasteiger partial charge in [-0.25, -0.2) is 13.6 Å².